The lowest BCUT2D eigenvalue weighted by Gasteiger charge is -2.26. The average molecular weight is 427 g/mol. The van der Waals surface area contributed by atoms with Crippen LogP contribution in [-0.2, 0) is 26.0 Å². The van der Waals surface area contributed by atoms with Crippen molar-refractivity contribution in [3.05, 3.63) is 58.9 Å². The lowest BCUT2D eigenvalue weighted by atomic mass is 10.1. The van der Waals surface area contributed by atoms with Gasteiger partial charge in [0, 0.05) is 25.2 Å². The maximum Gasteiger partial charge on any atom is 0.244 e. The fraction of sp³-hybridized carbons (Fsp3) is 0.316. The number of ether oxygens (including phenoxy) is 1. The quantitative estimate of drug-likeness (QED) is 0.770. The van der Waals surface area contributed by atoms with Crippen molar-refractivity contribution in [2.75, 3.05) is 31.6 Å². The van der Waals surface area contributed by atoms with Gasteiger partial charge in [0.2, 0.25) is 15.9 Å². The number of carbonyl (C=O) groups excluding carboxylic acids is 1. The third kappa shape index (κ3) is 4.88. The molecule has 1 N–H and O–H groups in total. The summed E-state index contributed by atoms with van der Waals surface area (Å²) in [5, 5.41) is 2.73. The topological polar surface area (TPSA) is 75.7 Å². The van der Waals surface area contributed by atoms with E-state index in [1.54, 1.807) is 18.2 Å². The number of sulfonamides is 1. The number of hydrogen-bond donors (Lipinski definition) is 1. The summed E-state index contributed by atoms with van der Waals surface area (Å²) < 4.78 is 45.8. The number of benzene rings is 2. The molecule has 0 unspecified atom stereocenters. The molecule has 1 fully saturated rings. The Balaban J connectivity index is 1.70. The number of halogens is 2. The monoisotopic (exact) mass is 426 g/mol. The lowest BCUT2D eigenvalue weighted by molar-refractivity contribution is -0.116. The van der Waals surface area contributed by atoms with E-state index in [2.05, 4.69) is 5.32 Å². The molecule has 3 rings (SSSR count). The van der Waals surface area contributed by atoms with Crippen molar-refractivity contribution in [3.63, 3.8) is 0 Å². The van der Waals surface area contributed by atoms with Crippen molar-refractivity contribution < 1.29 is 22.3 Å². The molecule has 0 bridgehead atoms. The summed E-state index contributed by atoms with van der Waals surface area (Å²) in [6.45, 7) is 1.14. The van der Waals surface area contributed by atoms with Crippen molar-refractivity contribution >= 4 is 33.2 Å². The summed E-state index contributed by atoms with van der Waals surface area (Å²) in [5.74, 6) is -0.707. The molecule has 0 spiro atoms. The van der Waals surface area contributed by atoms with Crippen LogP contribution in [0.2, 0.25) is 5.02 Å². The van der Waals surface area contributed by atoms with Crippen LogP contribution < -0.4 is 5.32 Å². The molecule has 1 aliphatic rings. The van der Waals surface area contributed by atoms with Gasteiger partial charge in [-0.2, -0.15) is 4.31 Å². The number of aryl methyl sites for hydroxylation is 1. The van der Waals surface area contributed by atoms with Crippen molar-refractivity contribution in [1.29, 1.82) is 0 Å². The standard InChI is InChI=1S/C19H20ClFN2O4S/c20-16-7-6-15(13-18(16)28(25,26)23-9-11-27-12-10-23)22-19(24)8-5-14-3-1-2-4-17(14)21/h1-4,6-7,13H,5,8-12H2,(H,22,24). The van der Waals surface area contributed by atoms with Crippen LogP contribution in [0.3, 0.4) is 0 Å². The minimum absolute atomic E-state index is 0.0646. The zero-order chi connectivity index (χ0) is 20.1. The summed E-state index contributed by atoms with van der Waals surface area (Å²) in [5.41, 5.74) is 0.763. The normalized spacial score (nSPS) is 15.4. The van der Waals surface area contributed by atoms with Crippen molar-refractivity contribution in [2.24, 2.45) is 0 Å². The van der Waals surface area contributed by atoms with E-state index in [1.165, 1.54) is 28.6 Å². The van der Waals surface area contributed by atoms with Gasteiger partial charge in [0.25, 0.3) is 0 Å². The van der Waals surface area contributed by atoms with Crippen molar-refractivity contribution in [3.8, 4) is 0 Å². The second-order valence-corrected chi connectivity index (χ2v) is 8.61. The fourth-order valence-corrected chi connectivity index (χ4v) is 4.79. The Labute approximate surface area is 168 Å². The first-order chi connectivity index (χ1) is 13.4. The molecule has 9 heteroatoms. The predicted molar refractivity (Wildman–Crippen MR) is 104 cm³/mol. The molecule has 1 saturated heterocycles. The van der Waals surface area contributed by atoms with E-state index in [0.29, 0.717) is 24.5 Å². The van der Waals surface area contributed by atoms with E-state index >= 15 is 0 Å². The Kier molecular flexibility index (Phi) is 6.66. The van der Waals surface area contributed by atoms with Gasteiger partial charge >= 0.3 is 0 Å². The van der Waals surface area contributed by atoms with Crippen molar-refractivity contribution in [1.82, 2.24) is 4.31 Å². The molecule has 1 heterocycles. The predicted octanol–water partition coefficient (Wildman–Crippen LogP) is 3.07. The number of anilines is 1. The minimum atomic E-state index is -3.79. The van der Waals surface area contributed by atoms with E-state index in [0.717, 1.165) is 0 Å². The van der Waals surface area contributed by atoms with Crippen LogP contribution in [0.5, 0.6) is 0 Å². The van der Waals surface area contributed by atoms with Crippen LogP contribution >= 0.6 is 11.6 Å². The van der Waals surface area contributed by atoms with Crippen LogP contribution in [0.15, 0.2) is 47.4 Å². The molecule has 0 radical (unpaired) electrons. The molecule has 6 nitrogen and oxygen atoms in total. The summed E-state index contributed by atoms with van der Waals surface area (Å²) in [4.78, 5) is 12.1. The molecule has 28 heavy (non-hydrogen) atoms. The summed E-state index contributed by atoms with van der Waals surface area (Å²) >= 11 is 6.10. The Morgan fingerprint density at radius 3 is 2.61 bits per heavy atom. The second kappa shape index (κ2) is 9.00. The van der Waals surface area contributed by atoms with Gasteiger partial charge in [-0.1, -0.05) is 29.8 Å². The molecule has 2 aromatic rings. The maximum atomic E-state index is 13.6. The molecule has 0 aromatic heterocycles. The van der Waals surface area contributed by atoms with Gasteiger partial charge in [0.15, 0.2) is 0 Å². The molecule has 1 aliphatic heterocycles. The third-order valence-electron chi connectivity index (χ3n) is 4.38. The summed E-state index contributed by atoms with van der Waals surface area (Å²) in [6.07, 6.45) is 0.306. The smallest absolute Gasteiger partial charge is 0.244 e. The molecule has 0 atom stereocenters. The number of nitrogens with zero attached hydrogens (tertiary/aromatic N) is 1. The van der Waals surface area contributed by atoms with Crippen LogP contribution in [0.25, 0.3) is 0 Å². The molecular formula is C19H20ClFN2O4S. The van der Waals surface area contributed by atoms with Crippen LogP contribution in [-0.4, -0.2) is 44.9 Å². The molecule has 150 valence electrons. The van der Waals surface area contributed by atoms with E-state index < -0.39 is 10.0 Å². The van der Waals surface area contributed by atoms with Crippen molar-refractivity contribution in [2.45, 2.75) is 17.7 Å². The highest BCUT2D eigenvalue weighted by molar-refractivity contribution is 7.89. The molecule has 0 aliphatic carbocycles. The average Bonchev–Trinajstić information content (AvgIpc) is 2.69. The van der Waals surface area contributed by atoms with Crippen LogP contribution in [0.4, 0.5) is 10.1 Å². The number of rotatable bonds is 6. The maximum absolute atomic E-state index is 13.6. The van der Waals surface area contributed by atoms with Gasteiger partial charge in [-0.15, -0.1) is 0 Å². The Hall–Kier alpha value is -2.00. The largest absolute Gasteiger partial charge is 0.379 e. The summed E-state index contributed by atoms with van der Waals surface area (Å²) in [7, 11) is -3.79. The highest BCUT2D eigenvalue weighted by Crippen LogP contribution is 2.28. The van der Waals surface area contributed by atoms with E-state index in [1.807, 2.05) is 0 Å². The van der Waals surface area contributed by atoms with Gasteiger partial charge in [-0.3, -0.25) is 4.79 Å². The van der Waals surface area contributed by atoms with E-state index in [9.17, 15) is 17.6 Å². The third-order valence-corrected chi connectivity index (χ3v) is 6.76. The van der Waals surface area contributed by atoms with Gasteiger partial charge in [0.1, 0.15) is 10.7 Å². The van der Waals surface area contributed by atoms with Crippen LogP contribution in [0.1, 0.15) is 12.0 Å². The fourth-order valence-electron chi connectivity index (χ4n) is 2.88. The Morgan fingerprint density at radius 2 is 1.89 bits per heavy atom. The summed E-state index contributed by atoms with van der Waals surface area (Å²) in [6, 6.07) is 10.6. The minimum Gasteiger partial charge on any atom is -0.379 e. The first kappa shape index (κ1) is 20.7. The first-order valence-electron chi connectivity index (χ1n) is 8.78. The highest BCUT2D eigenvalue weighted by Gasteiger charge is 2.28. The highest BCUT2D eigenvalue weighted by atomic mass is 35.5. The van der Waals surface area contributed by atoms with Gasteiger partial charge in [0.05, 0.1) is 18.2 Å². The zero-order valence-electron chi connectivity index (χ0n) is 15.0. The molecule has 0 saturated carbocycles. The number of morpholine rings is 1. The van der Waals surface area contributed by atoms with E-state index in [-0.39, 0.29) is 47.6 Å². The van der Waals surface area contributed by atoms with Gasteiger partial charge in [-0.25, -0.2) is 12.8 Å². The Morgan fingerprint density at radius 1 is 1.18 bits per heavy atom. The second-order valence-electron chi connectivity index (χ2n) is 6.30. The Bertz CT molecular complexity index is 962. The molecular weight excluding hydrogens is 407 g/mol. The molecule has 2 aromatic carbocycles. The zero-order valence-corrected chi connectivity index (χ0v) is 16.6. The van der Waals surface area contributed by atoms with Gasteiger partial charge in [-0.05, 0) is 36.2 Å². The number of amides is 1. The van der Waals surface area contributed by atoms with Crippen LogP contribution in [0, 0.1) is 5.82 Å². The number of hydrogen-bond acceptors (Lipinski definition) is 4. The number of nitrogens with one attached hydrogen (secondary N) is 1. The number of carbonyl (C=O) groups is 1. The molecule has 1 amide bonds. The van der Waals surface area contributed by atoms with Gasteiger partial charge < -0.3 is 10.1 Å². The lowest BCUT2D eigenvalue weighted by Crippen LogP contribution is -2.40. The SMILES string of the molecule is O=C(CCc1ccccc1F)Nc1ccc(Cl)c(S(=O)(=O)N2CCOCC2)c1. The van der Waals surface area contributed by atoms with E-state index in [4.69, 9.17) is 16.3 Å². The first-order valence-corrected chi connectivity index (χ1v) is 10.6.